The van der Waals surface area contributed by atoms with Gasteiger partial charge in [0.1, 0.15) is 16.8 Å². The fraction of sp³-hybridized carbons (Fsp3) is 0. The summed E-state index contributed by atoms with van der Waals surface area (Å²) in [6.45, 7) is 0. The van der Waals surface area contributed by atoms with Crippen molar-refractivity contribution in [1.29, 1.82) is 0 Å². The van der Waals surface area contributed by atoms with Crippen LogP contribution >= 0.6 is 0 Å². The Balaban J connectivity index is 2.38. The first kappa shape index (κ1) is 12.9. The van der Waals surface area contributed by atoms with E-state index in [0.717, 1.165) is 6.26 Å². The molecule has 0 radical (unpaired) electrons. The topological polar surface area (TPSA) is 141 Å². The summed E-state index contributed by atoms with van der Waals surface area (Å²) in [7, 11) is -3.88. The minimum Gasteiger partial charge on any atom is -0.398 e. The lowest BCUT2D eigenvalue weighted by Crippen LogP contribution is -2.16. The third kappa shape index (κ3) is 2.65. The van der Waals surface area contributed by atoms with E-state index in [1.54, 1.807) is 0 Å². The van der Waals surface area contributed by atoms with Crippen molar-refractivity contribution < 1.29 is 17.7 Å². The first-order valence-electron chi connectivity index (χ1n) is 5.01. The van der Waals surface area contributed by atoms with Crippen molar-refractivity contribution in [3.05, 3.63) is 36.2 Å². The molecule has 19 heavy (non-hydrogen) atoms. The molecular formula is C10H10N4O4S. The number of benzene rings is 1. The molecule has 0 saturated heterocycles. The smallest absolute Gasteiger partial charge is 0.264 e. The van der Waals surface area contributed by atoms with E-state index in [-0.39, 0.29) is 21.8 Å². The fourth-order valence-corrected chi connectivity index (χ4v) is 2.55. The second kappa shape index (κ2) is 4.61. The van der Waals surface area contributed by atoms with Crippen LogP contribution in [0.5, 0.6) is 0 Å². The zero-order valence-corrected chi connectivity index (χ0v) is 10.3. The minimum atomic E-state index is -3.88. The lowest BCUT2D eigenvalue weighted by Gasteiger charge is -2.08. The standard InChI is InChI=1S/C10H10N4O4S/c11-8-3-6(10(12)15)1-2-9(8)19(16,17)14-7-4-13-18-5-7/h1-5,14H,11H2,(H2,12,15). The van der Waals surface area contributed by atoms with Gasteiger partial charge in [-0.15, -0.1) is 0 Å². The van der Waals surface area contributed by atoms with Gasteiger partial charge in [0.2, 0.25) is 5.91 Å². The third-order valence-corrected chi connectivity index (χ3v) is 3.72. The van der Waals surface area contributed by atoms with E-state index in [2.05, 4.69) is 14.4 Å². The second-order valence-corrected chi connectivity index (χ2v) is 5.29. The van der Waals surface area contributed by atoms with Crippen molar-refractivity contribution in [2.75, 3.05) is 10.5 Å². The predicted octanol–water partition coefficient (Wildman–Crippen LogP) is 0.156. The summed E-state index contributed by atoms with van der Waals surface area (Å²) in [5, 5.41) is 3.37. The SMILES string of the molecule is NC(=O)c1ccc(S(=O)(=O)Nc2cnoc2)c(N)c1. The van der Waals surface area contributed by atoms with Crippen LogP contribution in [0.25, 0.3) is 0 Å². The van der Waals surface area contributed by atoms with Gasteiger partial charge in [-0.1, -0.05) is 5.16 Å². The number of hydrogen-bond acceptors (Lipinski definition) is 6. The van der Waals surface area contributed by atoms with Gasteiger partial charge in [-0.2, -0.15) is 0 Å². The third-order valence-electron chi connectivity index (χ3n) is 2.27. The van der Waals surface area contributed by atoms with Crippen molar-refractivity contribution in [3.8, 4) is 0 Å². The molecule has 5 N–H and O–H groups in total. The number of sulfonamides is 1. The number of nitrogens with zero attached hydrogens (tertiary/aromatic N) is 1. The number of amides is 1. The Morgan fingerprint density at radius 1 is 1.37 bits per heavy atom. The molecule has 0 unspecified atom stereocenters. The Hall–Kier alpha value is -2.55. The van der Waals surface area contributed by atoms with Crippen LogP contribution in [0.15, 0.2) is 40.1 Å². The first-order valence-corrected chi connectivity index (χ1v) is 6.50. The van der Waals surface area contributed by atoms with E-state index in [9.17, 15) is 13.2 Å². The number of nitrogens with two attached hydrogens (primary N) is 2. The number of rotatable bonds is 4. The van der Waals surface area contributed by atoms with E-state index in [0.29, 0.717) is 0 Å². The Labute approximate surface area is 108 Å². The number of nitrogen functional groups attached to an aromatic ring is 1. The van der Waals surface area contributed by atoms with Gasteiger partial charge in [0.05, 0.1) is 11.9 Å². The number of carbonyl (C=O) groups is 1. The molecule has 1 heterocycles. The normalized spacial score (nSPS) is 11.2. The van der Waals surface area contributed by atoms with E-state index in [1.165, 1.54) is 24.4 Å². The summed E-state index contributed by atoms with van der Waals surface area (Å²) in [5.74, 6) is -0.692. The van der Waals surface area contributed by atoms with Crippen LogP contribution in [-0.4, -0.2) is 19.5 Å². The van der Waals surface area contributed by atoms with Crippen LogP contribution in [0.1, 0.15) is 10.4 Å². The molecule has 0 spiro atoms. The molecule has 9 heteroatoms. The number of aromatic nitrogens is 1. The molecule has 0 atom stereocenters. The molecule has 0 aliphatic rings. The van der Waals surface area contributed by atoms with E-state index >= 15 is 0 Å². The lowest BCUT2D eigenvalue weighted by molar-refractivity contribution is 0.1000. The van der Waals surface area contributed by atoms with Crippen LogP contribution in [0.4, 0.5) is 11.4 Å². The van der Waals surface area contributed by atoms with Gasteiger partial charge in [-0.25, -0.2) is 8.42 Å². The highest BCUT2D eigenvalue weighted by Gasteiger charge is 2.19. The van der Waals surface area contributed by atoms with E-state index in [1.807, 2.05) is 0 Å². The molecule has 2 aromatic rings. The van der Waals surface area contributed by atoms with Gasteiger partial charge < -0.3 is 16.0 Å². The molecular weight excluding hydrogens is 272 g/mol. The van der Waals surface area contributed by atoms with E-state index in [4.69, 9.17) is 11.5 Å². The number of nitrogens with one attached hydrogen (secondary N) is 1. The first-order chi connectivity index (χ1) is 8.90. The molecule has 2 rings (SSSR count). The Bertz CT molecular complexity index is 709. The maximum absolute atomic E-state index is 12.0. The fourth-order valence-electron chi connectivity index (χ4n) is 1.41. The summed E-state index contributed by atoms with van der Waals surface area (Å²) in [4.78, 5) is 10.8. The maximum atomic E-state index is 12.0. The number of primary amides is 1. The zero-order chi connectivity index (χ0) is 14.0. The number of hydrogen-bond donors (Lipinski definition) is 3. The van der Waals surface area contributed by atoms with Crippen LogP contribution in [0.2, 0.25) is 0 Å². The molecule has 100 valence electrons. The van der Waals surface area contributed by atoms with Gasteiger partial charge in [0.15, 0.2) is 0 Å². The zero-order valence-electron chi connectivity index (χ0n) is 9.53. The summed E-state index contributed by atoms with van der Waals surface area (Å²) >= 11 is 0. The highest BCUT2D eigenvalue weighted by atomic mass is 32.2. The van der Waals surface area contributed by atoms with Crippen molar-refractivity contribution >= 4 is 27.3 Å². The quantitative estimate of drug-likeness (QED) is 0.682. The van der Waals surface area contributed by atoms with Gasteiger partial charge in [0, 0.05) is 5.56 Å². The van der Waals surface area contributed by atoms with E-state index < -0.39 is 15.9 Å². The molecule has 1 aromatic heterocycles. The van der Waals surface area contributed by atoms with Gasteiger partial charge in [-0.05, 0) is 18.2 Å². The average Bonchev–Trinajstić information content (AvgIpc) is 2.80. The van der Waals surface area contributed by atoms with Crippen molar-refractivity contribution in [1.82, 2.24) is 5.16 Å². The molecule has 8 nitrogen and oxygen atoms in total. The highest BCUT2D eigenvalue weighted by Crippen LogP contribution is 2.22. The molecule has 1 aromatic carbocycles. The second-order valence-electron chi connectivity index (χ2n) is 3.64. The molecule has 0 aliphatic heterocycles. The van der Waals surface area contributed by atoms with Crippen molar-refractivity contribution in [2.45, 2.75) is 4.90 Å². The number of anilines is 2. The molecule has 0 aliphatic carbocycles. The molecule has 1 amide bonds. The molecule has 0 fully saturated rings. The minimum absolute atomic E-state index is 0.0831. The van der Waals surface area contributed by atoms with Crippen molar-refractivity contribution in [2.24, 2.45) is 5.73 Å². The number of carbonyl (C=O) groups excluding carboxylic acids is 1. The Morgan fingerprint density at radius 2 is 2.11 bits per heavy atom. The summed E-state index contributed by atoms with van der Waals surface area (Å²) in [5.41, 5.74) is 10.9. The van der Waals surface area contributed by atoms with Gasteiger partial charge >= 0.3 is 0 Å². The van der Waals surface area contributed by atoms with Crippen LogP contribution in [0.3, 0.4) is 0 Å². The summed E-state index contributed by atoms with van der Waals surface area (Å²) < 4.78 is 30.8. The summed E-state index contributed by atoms with van der Waals surface area (Å²) in [6, 6.07) is 3.68. The molecule has 0 saturated carbocycles. The van der Waals surface area contributed by atoms with Crippen LogP contribution < -0.4 is 16.2 Å². The molecule has 0 bridgehead atoms. The highest BCUT2D eigenvalue weighted by molar-refractivity contribution is 7.92. The van der Waals surface area contributed by atoms with Crippen molar-refractivity contribution in [3.63, 3.8) is 0 Å². The van der Waals surface area contributed by atoms with Gasteiger partial charge in [0.25, 0.3) is 10.0 Å². The predicted molar refractivity (Wildman–Crippen MR) is 66.7 cm³/mol. The van der Waals surface area contributed by atoms with Crippen LogP contribution in [-0.2, 0) is 10.0 Å². The maximum Gasteiger partial charge on any atom is 0.264 e. The summed E-state index contributed by atoms with van der Waals surface area (Å²) in [6.07, 6.45) is 2.33. The largest absolute Gasteiger partial charge is 0.398 e. The lowest BCUT2D eigenvalue weighted by atomic mass is 10.2. The van der Waals surface area contributed by atoms with Crippen LogP contribution in [0, 0.1) is 0 Å². The monoisotopic (exact) mass is 282 g/mol. The van der Waals surface area contributed by atoms with Gasteiger partial charge in [-0.3, -0.25) is 9.52 Å². The Morgan fingerprint density at radius 3 is 2.63 bits per heavy atom. The Kier molecular flexibility index (Phi) is 3.13. The average molecular weight is 282 g/mol.